The minimum absolute atomic E-state index is 0.126. The number of rotatable bonds is 6. The molecular formula is C30H46N2O2. The summed E-state index contributed by atoms with van der Waals surface area (Å²) in [6, 6.07) is 0. The van der Waals surface area contributed by atoms with Crippen molar-refractivity contribution in [3.8, 4) is 0 Å². The lowest BCUT2D eigenvalue weighted by Crippen LogP contribution is -2.52. The molecule has 0 heterocycles. The number of amides is 2. The molecular weight excluding hydrogens is 420 g/mol. The molecule has 2 N–H and O–H groups in total. The van der Waals surface area contributed by atoms with Gasteiger partial charge in [0.2, 0.25) is 11.8 Å². The summed E-state index contributed by atoms with van der Waals surface area (Å²) in [6.07, 6.45) is 20.5. The van der Waals surface area contributed by atoms with Gasteiger partial charge >= 0.3 is 0 Å². The molecule has 188 valence electrons. The van der Waals surface area contributed by atoms with Gasteiger partial charge in [-0.1, -0.05) is 0 Å². The van der Waals surface area contributed by atoms with E-state index in [-0.39, 0.29) is 23.7 Å². The number of hydrogen-bond donors (Lipinski definition) is 2. The number of nitrogens with one attached hydrogen (secondary N) is 2. The summed E-state index contributed by atoms with van der Waals surface area (Å²) in [5.74, 6) is 6.46. The Morgan fingerprint density at radius 3 is 1.03 bits per heavy atom. The van der Waals surface area contributed by atoms with Crippen molar-refractivity contribution >= 4 is 11.8 Å². The molecule has 0 spiro atoms. The third-order valence-corrected chi connectivity index (χ3v) is 12.1. The zero-order valence-electron chi connectivity index (χ0n) is 21.2. The summed E-state index contributed by atoms with van der Waals surface area (Å²) < 4.78 is 0. The van der Waals surface area contributed by atoms with Gasteiger partial charge in [0.15, 0.2) is 0 Å². The van der Waals surface area contributed by atoms with E-state index in [0.717, 1.165) is 74.3 Å². The molecule has 0 saturated heterocycles. The maximum Gasteiger partial charge on any atom is 0.223 e. The quantitative estimate of drug-likeness (QED) is 0.546. The van der Waals surface area contributed by atoms with Gasteiger partial charge in [0.25, 0.3) is 0 Å². The summed E-state index contributed by atoms with van der Waals surface area (Å²) in [5, 5.41) is 6.83. The van der Waals surface area contributed by atoms with Gasteiger partial charge in [0, 0.05) is 24.9 Å². The van der Waals surface area contributed by atoms with Crippen LogP contribution in [-0.2, 0) is 9.59 Å². The summed E-state index contributed by atoms with van der Waals surface area (Å²) in [5.41, 5.74) is 0.831. The zero-order valence-corrected chi connectivity index (χ0v) is 21.2. The van der Waals surface area contributed by atoms with Crippen LogP contribution in [0.4, 0.5) is 0 Å². The molecule has 4 nitrogen and oxygen atoms in total. The summed E-state index contributed by atoms with van der Waals surface area (Å²) in [6.45, 7) is 1.83. The first-order valence-corrected chi connectivity index (χ1v) is 15.0. The van der Waals surface area contributed by atoms with Crippen LogP contribution < -0.4 is 10.6 Å². The number of hydrogen-bond acceptors (Lipinski definition) is 2. The molecule has 9 saturated carbocycles. The largest absolute Gasteiger partial charge is 0.355 e. The van der Waals surface area contributed by atoms with E-state index in [0.29, 0.717) is 10.8 Å². The smallest absolute Gasteiger partial charge is 0.223 e. The van der Waals surface area contributed by atoms with Crippen LogP contribution >= 0.6 is 0 Å². The van der Waals surface area contributed by atoms with Gasteiger partial charge < -0.3 is 10.6 Å². The fourth-order valence-corrected chi connectivity index (χ4v) is 11.5. The van der Waals surface area contributed by atoms with E-state index in [9.17, 15) is 9.59 Å². The predicted molar refractivity (Wildman–Crippen MR) is 133 cm³/mol. The second-order valence-corrected chi connectivity index (χ2v) is 14.8. The SMILES string of the molecule is O=C(NCC12CC3CC(CC(C3)C1)C2)C1CCC(C(=O)NCC23CC4CC(CC(C4)C2)C3)CC1. The minimum Gasteiger partial charge on any atom is -0.355 e. The van der Waals surface area contributed by atoms with Crippen LogP contribution in [0.15, 0.2) is 0 Å². The Balaban J connectivity index is 0.870. The molecule has 9 rings (SSSR count). The molecule has 0 unspecified atom stereocenters. The minimum atomic E-state index is 0.126. The molecule has 34 heavy (non-hydrogen) atoms. The predicted octanol–water partition coefficient (Wildman–Crippen LogP) is 5.46. The summed E-state index contributed by atoms with van der Waals surface area (Å²) >= 11 is 0. The first-order chi connectivity index (χ1) is 16.4. The highest BCUT2D eigenvalue weighted by Crippen LogP contribution is 2.60. The molecule has 0 aromatic rings. The molecule has 9 fully saturated rings. The lowest BCUT2D eigenvalue weighted by Gasteiger charge is -2.57. The maximum atomic E-state index is 13.0. The molecule has 0 atom stereocenters. The van der Waals surface area contributed by atoms with Crippen molar-refractivity contribution in [2.45, 2.75) is 103 Å². The third-order valence-electron chi connectivity index (χ3n) is 12.1. The molecule has 4 heteroatoms. The Morgan fingerprint density at radius 2 is 0.765 bits per heavy atom. The van der Waals surface area contributed by atoms with Gasteiger partial charge in [-0.3, -0.25) is 9.59 Å². The Bertz CT molecular complexity index is 687. The molecule has 9 aliphatic carbocycles. The van der Waals surface area contributed by atoms with Crippen LogP contribution in [0.1, 0.15) is 103 Å². The molecule has 2 amide bonds. The van der Waals surface area contributed by atoms with Crippen LogP contribution in [0.5, 0.6) is 0 Å². The van der Waals surface area contributed by atoms with Crippen molar-refractivity contribution < 1.29 is 9.59 Å². The van der Waals surface area contributed by atoms with Crippen molar-refractivity contribution in [2.24, 2.45) is 58.2 Å². The molecule has 0 aliphatic heterocycles. The van der Waals surface area contributed by atoms with Crippen LogP contribution in [0, 0.1) is 58.2 Å². The highest BCUT2D eigenvalue weighted by atomic mass is 16.2. The van der Waals surface area contributed by atoms with Crippen molar-refractivity contribution in [3.63, 3.8) is 0 Å². The van der Waals surface area contributed by atoms with Gasteiger partial charge in [0.1, 0.15) is 0 Å². The van der Waals surface area contributed by atoms with E-state index < -0.39 is 0 Å². The second-order valence-electron chi connectivity index (χ2n) is 14.8. The average Bonchev–Trinajstić information content (AvgIpc) is 2.79. The standard InChI is InChI=1S/C30H46N2O2/c33-27(31-17-29-11-19-5-20(12-29)7-21(6-19)13-29)25-1-2-26(4-3-25)28(34)32-18-30-14-22-8-23(15-30)10-24(9-22)16-30/h19-26H,1-18H2,(H,31,33)(H,32,34). The van der Waals surface area contributed by atoms with Gasteiger partial charge in [-0.05, 0) is 149 Å². The van der Waals surface area contributed by atoms with E-state index in [4.69, 9.17) is 0 Å². The second kappa shape index (κ2) is 8.23. The maximum absolute atomic E-state index is 13.0. The van der Waals surface area contributed by atoms with Gasteiger partial charge in [-0.15, -0.1) is 0 Å². The van der Waals surface area contributed by atoms with Gasteiger partial charge in [-0.2, -0.15) is 0 Å². The Kier molecular flexibility index (Phi) is 5.37. The van der Waals surface area contributed by atoms with Crippen molar-refractivity contribution in [3.05, 3.63) is 0 Å². The van der Waals surface area contributed by atoms with Gasteiger partial charge in [-0.25, -0.2) is 0 Å². The first-order valence-electron chi connectivity index (χ1n) is 15.0. The Labute approximate surface area is 206 Å². The number of carbonyl (C=O) groups excluding carboxylic acids is 2. The van der Waals surface area contributed by atoms with E-state index in [1.54, 1.807) is 0 Å². The lowest BCUT2D eigenvalue weighted by atomic mass is 9.49. The van der Waals surface area contributed by atoms with Crippen LogP contribution in [0.2, 0.25) is 0 Å². The van der Waals surface area contributed by atoms with Crippen LogP contribution in [0.3, 0.4) is 0 Å². The molecule has 9 aliphatic rings. The van der Waals surface area contributed by atoms with Crippen molar-refractivity contribution in [1.82, 2.24) is 10.6 Å². The highest BCUT2D eigenvalue weighted by molar-refractivity contribution is 5.81. The number of carbonyl (C=O) groups is 2. The highest BCUT2D eigenvalue weighted by Gasteiger charge is 2.52. The summed E-state index contributed by atoms with van der Waals surface area (Å²) in [4.78, 5) is 26.1. The van der Waals surface area contributed by atoms with Crippen molar-refractivity contribution in [2.75, 3.05) is 13.1 Å². The van der Waals surface area contributed by atoms with Gasteiger partial charge in [0.05, 0.1) is 0 Å². The van der Waals surface area contributed by atoms with Crippen LogP contribution in [0.25, 0.3) is 0 Å². The Hall–Kier alpha value is -1.06. The summed E-state index contributed by atoms with van der Waals surface area (Å²) in [7, 11) is 0. The monoisotopic (exact) mass is 466 g/mol. The zero-order chi connectivity index (χ0) is 22.9. The van der Waals surface area contributed by atoms with E-state index in [2.05, 4.69) is 10.6 Å². The first kappa shape index (κ1) is 22.2. The molecule has 0 aromatic heterocycles. The topological polar surface area (TPSA) is 58.2 Å². The van der Waals surface area contributed by atoms with E-state index >= 15 is 0 Å². The molecule has 0 aromatic carbocycles. The van der Waals surface area contributed by atoms with E-state index in [1.807, 2.05) is 0 Å². The lowest BCUT2D eigenvalue weighted by molar-refractivity contribution is -0.132. The average molecular weight is 467 g/mol. The van der Waals surface area contributed by atoms with Crippen molar-refractivity contribution in [1.29, 1.82) is 0 Å². The normalized spacial score (nSPS) is 50.4. The fraction of sp³-hybridized carbons (Fsp3) is 0.933. The van der Waals surface area contributed by atoms with E-state index in [1.165, 1.54) is 77.0 Å². The Morgan fingerprint density at radius 1 is 0.500 bits per heavy atom. The fourth-order valence-electron chi connectivity index (χ4n) is 11.5. The van der Waals surface area contributed by atoms with Crippen LogP contribution in [-0.4, -0.2) is 24.9 Å². The molecule has 0 radical (unpaired) electrons. The third kappa shape index (κ3) is 4.03. The molecule has 8 bridgehead atoms.